The molecule has 0 spiro atoms. The van der Waals surface area contributed by atoms with Gasteiger partial charge in [0.1, 0.15) is 5.82 Å². The van der Waals surface area contributed by atoms with Crippen LogP contribution in [0.1, 0.15) is 31.0 Å². The molecule has 0 heterocycles. The summed E-state index contributed by atoms with van der Waals surface area (Å²) in [4.78, 5) is 0. The fraction of sp³-hybridized carbons (Fsp3) is 0.500. The summed E-state index contributed by atoms with van der Waals surface area (Å²) in [6.07, 6.45) is -0.603. The Labute approximate surface area is 102 Å². The van der Waals surface area contributed by atoms with Crippen molar-refractivity contribution in [1.82, 2.24) is 0 Å². The van der Waals surface area contributed by atoms with Gasteiger partial charge in [-0.05, 0) is 36.1 Å². The van der Waals surface area contributed by atoms with Gasteiger partial charge in [-0.25, -0.2) is 4.39 Å². The molecule has 0 bridgehead atoms. The molecule has 92 valence electrons. The molecule has 2 atom stereocenters. The Bertz CT molecular complexity index is 344. The molecule has 0 fully saturated rings. The summed E-state index contributed by atoms with van der Waals surface area (Å²) < 4.78 is 12.9. The molecule has 3 N–H and O–H groups in total. The molecule has 2 nitrogen and oxygen atoms in total. The van der Waals surface area contributed by atoms with Crippen LogP contribution in [0.2, 0.25) is 0 Å². The normalized spacial score (nSPS) is 14.4. The highest BCUT2D eigenvalue weighted by atomic mass is 35.5. The number of aryl methyl sites for hydroxylation is 1. The number of hydrogen-bond donors (Lipinski definition) is 2. The molecule has 0 aliphatic heterocycles. The van der Waals surface area contributed by atoms with Gasteiger partial charge in [-0.2, -0.15) is 0 Å². The second-order valence-corrected chi connectivity index (χ2v) is 4.26. The molecular weight excluding hydrogens is 229 g/mol. The Morgan fingerprint density at radius 2 is 1.88 bits per heavy atom. The van der Waals surface area contributed by atoms with E-state index in [1.165, 1.54) is 12.1 Å². The van der Waals surface area contributed by atoms with E-state index < -0.39 is 12.1 Å². The van der Waals surface area contributed by atoms with Gasteiger partial charge in [-0.15, -0.1) is 12.4 Å². The van der Waals surface area contributed by atoms with Gasteiger partial charge in [0.05, 0.1) is 12.1 Å². The van der Waals surface area contributed by atoms with Crippen LogP contribution in [0.4, 0.5) is 4.39 Å². The Morgan fingerprint density at radius 3 is 2.31 bits per heavy atom. The zero-order chi connectivity index (χ0) is 11.6. The minimum atomic E-state index is -0.603. The fourth-order valence-corrected chi connectivity index (χ4v) is 1.61. The van der Waals surface area contributed by atoms with Gasteiger partial charge in [0.2, 0.25) is 0 Å². The Kier molecular flexibility index (Phi) is 5.94. The summed E-state index contributed by atoms with van der Waals surface area (Å²) in [6, 6.07) is 3.99. The van der Waals surface area contributed by atoms with Crippen LogP contribution in [0.15, 0.2) is 18.2 Å². The zero-order valence-electron chi connectivity index (χ0n) is 9.77. The van der Waals surface area contributed by atoms with Crippen molar-refractivity contribution in [3.63, 3.8) is 0 Å². The molecule has 0 aliphatic rings. The number of benzene rings is 1. The Balaban J connectivity index is 0.00000225. The number of halogens is 2. The minimum Gasteiger partial charge on any atom is -0.391 e. The number of hydrogen-bond acceptors (Lipinski definition) is 2. The lowest BCUT2D eigenvalue weighted by Gasteiger charge is -2.23. The third-order valence-electron chi connectivity index (χ3n) is 2.64. The second-order valence-electron chi connectivity index (χ2n) is 4.26. The summed E-state index contributed by atoms with van der Waals surface area (Å²) >= 11 is 0. The van der Waals surface area contributed by atoms with Crippen LogP contribution in [0.25, 0.3) is 0 Å². The van der Waals surface area contributed by atoms with Gasteiger partial charge in [-0.1, -0.05) is 19.9 Å². The maximum absolute atomic E-state index is 12.9. The molecule has 0 aliphatic carbocycles. The molecule has 16 heavy (non-hydrogen) atoms. The van der Waals surface area contributed by atoms with Crippen molar-refractivity contribution >= 4 is 12.4 Å². The average Bonchev–Trinajstić information content (AvgIpc) is 2.15. The van der Waals surface area contributed by atoms with Gasteiger partial charge < -0.3 is 10.8 Å². The van der Waals surface area contributed by atoms with Crippen molar-refractivity contribution in [2.24, 2.45) is 11.7 Å². The van der Waals surface area contributed by atoms with Crippen molar-refractivity contribution < 1.29 is 9.50 Å². The van der Waals surface area contributed by atoms with Crippen LogP contribution in [-0.2, 0) is 0 Å². The third-order valence-corrected chi connectivity index (χ3v) is 2.64. The summed E-state index contributed by atoms with van der Waals surface area (Å²) in [7, 11) is 0. The maximum Gasteiger partial charge on any atom is 0.123 e. The highest BCUT2D eigenvalue weighted by molar-refractivity contribution is 5.85. The van der Waals surface area contributed by atoms with E-state index in [9.17, 15) is 9.50 Å². The molecule has 0 unspecified atom stereocenters. The van der Waals surface area contributed by atoms with Gasteiger partial charge >= 0.3 is 0 Å². The first-order valence-corrected chi connectivity index (χ1v) is 5.13. The molecule has 0 amide bonds. The number of nitrogens with two attached hydrogens (primary N) is 1. The smallest absolute Gasteiger partial charge is 0.123 e. The van der Waals surface area contributed by atoms with E-state index in [1.54, 1.807) is 13.0 Å². The first-order valence-electron chi connectivity index (χ1n) is 5.13. The Hall–Kier alpha value is -0.640. The minimum absolute atomic E-state index is 0. The van der Waals surface area contributed by atoms with Gasteiger partial charge in [0.15, 0.2) is 0 Å². The lowest BCUT2D eigenvalue weighted by Crippen LogP contribution is -2.31. The van der Waals surface area contributed by atoms with E-state index in [0.29, 0.717) is 0 Å². The highest BCUT2D eigenvalue weighted by Crippen LogP contribution is 2.23. The molecule has 0 radical (unpaired) electrons. The predicted molar refractivity (Wildman–Crippen MR) is 66.2 cm³/mol. The second kappa shape index (κ2) is 6.18. The van der Waals surface area contributed by atoms with E-state index in [0.717, 1.165) is 11.1 Å². The number of aliphatic hydroxyl groups is 1. The van der Waals surface area contributed by atoms with Crippen molar-refractivity contribution in [3.05, 3.63) is 35.1 Å². The lowest BCUT2D eigenvalue weighted by atomic mass is 9.92. The van der Waals surface area contributed by atoms with E-state index in [2.05, 4.69) is 0 Å². The quantitative estimate of drug-likeness (QED) is 0.863. The summed E-state index contributed by atoms with van der Waals surface area (Å²) in [5.74, 6) is -0.188. The summed E-state index contributed by atoms with van der Waals surface area (Å²) in [5, 5.41) is 9.82. The van der Waals surface area contributed by atoms with E-state index in [4.69, 9.17) is 5.73 Å². The van der Waals surface area contributed by atoms with Crippen molar-refractivity contribution in [3.8, 4) is 0 Å². The predicted octanol–water partition coefficient (Wildman–Crippen LogP) is 2.57. The van der Waals surface area contributed by atoms with E-state index in [-0.39, 0.29) is 24.1 Å². The molecule has 0 aromatic heterocycles. The fourth-order valence-electron chi connectivity index (χ4n) is 1.61. The van der Waals surface area contributed by atoms with Crippen molar-refractivity contribution in [2.75, 3.05) is 0 Å². The molecule has 1 aromatic carbocycles. The van der Waals surface area contributed by atoms with E-state index in [1.807, 2.05) is 13.8 Å². The average molecular weight is 248 g/mol. The van der Waals surface area contributed by atoms with Crippen LogP contribution < -0.4 is 5.73 Å². The van der Waals surface area contributed by atoms with E-state index >= 15 is 0 Å². The highest BCUT2D eigenvalue weighted by Gasteiger charge is 2.21. The molecule has 4 heteroatoms. The third kappa shape index (κ3) is 3.44. The van der Waals surface area contributed by atoms with Crippen LogP contribution in [0.5, 0.6) is 0 Å². The molecule has 0 saturated heterocycles. The van der Waals surface area contributed by atoms with Gasteiger partial charge in [0, 0.05) is 0 Å². The molecule has 1 aromatic rings. The van der Waals surface area contributed by atoms with Gasteiger partial charge in [-0.3, -0.25) is 0 Å². The first-order chi connectivity index (χ1) is 6.93. The van der Waals surface area contributed by atoms with Crippen molar-refractivity contribution in [1.29, 1.82) is 0 Å². The maximum atomic E-state index is 12.9. The topological polar surface area (TPSA) is 46.2 Å². The zero-order valence-corrected chi connectivity index (χ0v) is 10.6. The summed E-state index contributed by atoms with van der Waals surface area (Å²) in [5.41, 5.74) is 7.50. The lowest BCUT2D eigenvalue weighted by molar-refractivity contribution is 0.0977. The van der Waals surface area contributed by atoms with Crippen LogP contribution >= 0.6 is 12.4 Å². The van der Waals surface area contributed by atoms with Gasteiger partial charge in [0.25, 0.3) is 0 Å². The first kappa shape index (κ1) is 15.4. The molecule has 1 rings (SSSR count). The summed E-state index contributed by atoms with van der Waals surface area (Å²) in [6.45, 7) is 5.61. The molecule has 0 saturated carbocycles. The monoisotopic (exact) mass is 247 g/mol. The largest absolute Gasteiger partial charge is 0.391 e. The standard InChI is InChI=1S/C12H18FNO.ClH/c1-7(2)12(15)11(14)10-5-4-9(13)6-8(10)3;/h4-7,11-12,15H,14H2,1-3H3;1H/t11-,12+;/m1./s1. The van der Waals surface area contributed by atoms with Crippen LogP contribution in [0.3, 0.4) is 0 Å². The van der Waals surface area contributed by atoms with Crippen LogP contribution in [-0.4, -0.2) is 11.2 Å². The number of aliphatic hydroxyl groups excluding tert-OH is 1. The SMILES string of the molecule is Cc1cc(F)ccc1[C@@H](N)[C@@H](O)C(C)C.Cl. The van der Waals surface area contributed by atoms with Crippen LogP contribution in [0, 0.1) is 18.7 Å². The molecular formula is C12H19ClFNO. The van der Waals surface area contributed by atoms with Crippen molar-refractivity contribution in [2.45, 2.75) is 32.9 Å². The number of rotatable bonds is 3. The Morgan fingerprint density at radius 1 is 1.31 bits per heavy atom.